The second kappa shape index (κ2) is 7.77. The Morgan fingerprint density at radius 2 is 2.12 bits per heavy atom. The Morgan fingerprint density at radius 3 is 2.88 bits per heavy atom. The number of carbonyl (C=O) groups excluding carboxylic acids is 2. The quantitative estimate of drug-likeness (QED) is 0.734. The normalized spacial score (nSPS) is 24.0. The van der Waals surface area contributed by atoms with Gasteiger partial charge in [-0.15, -0.1) is 0 Å². The van der Waals surface area contributed by atoms with E-state index >= 15 is 0 Å². The SMILES string of the molecule is C[C@H](NC(=O)[C@@H]1Cc2ccccc2CN1)C(=O)NC[C@@H]1CCCO1. The molecule has 130 valence electrons. The van der Waals surface area contributed by atoms with Crippen LogP contribution in [0.4, 0.5) is 0 Å². The molecule has 24 heavy (non-hydrogen) atoms. The second-order valence-corrected chi connectivity index (χ2v) is 6.52. The Balaban J connectivity index is 1.46. The summed E-state index contributed by atoms with van der Waals surface area (Å²) in [5.41, 5.74) is 2.41. The fourth-order valence-electron chi connectivity index (χ4n) is 3.19. The van der Waals surface area contributed by atoms with Crippen molar-refractivity contribution in [3.05, 3.63) is 35.4 Å². The number of hydrogen-bond donors (Lipinski definition) is 3. The predicted octanol–water partition coefficient (Wildman–Crippen LogP) is 0.501. The maximum atomic E-state index is 12.4. The lowest BCUT2D eigenvalue weighted by molar-refractivity contribution is -0.130. The van der Waals surface area contributed by atoms with E-state index in [1.807, 2.05) is 18.2 Å². The molecule has 0 spiro atoms. The third kappa shape index (κ3) is 4.13. The van der Waals surface area contributed by atoms with E-state index in [-0.39, 0.29) is 24.0 Å². The molecule has 2 amide bonds. The van der Waals surface area contributed by atoms with Gasteiger partial charge in [0.05, 0.1) is 12.1 Å². The maximum Gasteiger partial charge on any atom is 0.242 e. The van der Waals surface area contributed by atoms with Crippen molar-refractivity contribution < 1.29 is 14.3 Å². The lowest BCUT2D eigenvalue weighted by Gasteiger charge is -2.26. The van der Waals surface area contributed by atoms with Crippen molar-refractivity contribution in [1.82, 2.24) is 16.0 Å². The van der Waals surface area contributed by atoms with E-state index in [1.165, 1.54) is 11.1 Å². The largest absolute Gasteiger partial charge is 0.376 e. The molecule has 3 rings (SSSR count). The molecule has 0 saturated carbocycles. The molecule has 6 heteroatoms. The average Bonchev–Trinajstić information content (AvgIpc) is 3.12. The standard InChI is InChI=1S/C18H25N3O3/c1-12(17(22)20-11-15-7-4-8-24-15)21-18(23)16-9-13-5-2-3-6-14(13)10-19-16/h2-3,5-6,12,15-16,19H,4,7-11H2,1H3,(H,20,22)(H,21,23)/t12-,15-,16-/m0/s1. The van der Waals surface area contributed by atoms with Crippen LogP contribution < -0.4 is 16.0 Å². The van der Waals surface area contributed by atoms with Gasteiger partial charge < -0.3 is 20.7 Å². The molecule has 0 unspecified atom stereocenters. The first-order valence-corrected chi connectivity index (χ1v) is 8.63. The first kappa shape index (κ1) is 16.9. The third-order valence-corrected chi connectivity index (χ3v) is 4.68. The van der Waals surface area contributed by atoms with Crippen LogP contribution in [0.15, 0.2) is 24.3 Å². The average molecular weight is 331 g/mol. The van der Waals surface area contributed by atoms with Crippen molar-refractivity contribution in [2.24, 2.45) is 0 Å². The minimum atomic E-state index is -0.558. The van der Waals surface area contributed by atoms with Gasteiger partial charge in [-0.05, 0) is 37.3 Å². The number of nitrogens with one attached hydrogen (secondary N) is 3. The van der Waals surface area contributed by atoms with E-state index in [1.54, 1.807) is 6.92 Å². The highest BCUT2D eigenvalue weighted by molar-refractivity contribution is 5.89. The van der Waals surface area contributed by atoms with E-state index in [2.05, 4.69) is 22.0 Å². The molecule has 1 saturated heterocycles. The third-order valence-electron chi connectivity index (χ3n) is 4.68. The van der Waals surface area contributed by atoms with Crippen LogP contribution in [0.5, 0.6) is 0 Å². The topological polar surface area (TPSA) is 79.5 Å². The first-order valence-electron chi connectivity index (χ1n) is 8.63. The summed E-state index contributed by atoms with van der Waals surface area (Å²) in [6.07, 6.45) is 2.77. The van der Waals surface area contributed by atoms with Gasteiger partial charge in [0.2, 0.25) is 11.8 Å². The molecule has 1 aromatic rings. The number of hydrogen-bond acceptors (Lipinski definition) is 4. The minimum absolute atomic E-state index is 0.105. The van der Waals surface area contributed by atoms with Gasteiger partial charge in [0.15, 0.2) is 0 Å². The van der Waals surface area contributed by atoms with Crippen molar-refractivity contribution >= 4 is 11.8 Å². The summed E-state index contributed by atoms with van der Waals surface area (Å²) in [5, 5.41) is 8.88. The van der Waals surface area contributed by atoms with Gasteiger partial charge in [0, 0.05) is 19.7 Å². The van der Waals surface area contributed by atoms with E-state index in [4.69, 9.17) is 4.74 Å². The predicted molar refractivity (Wildman–Crippen MR) is 90.4 cm³/mol. The summed E-state index contributed by atoms with van der Waals surface area (Å²) < 4.78 is 5.48. The van der Waals surface area contributed by atoms with Crippen LogP contribution in [-0.2, 0) is 27.3 Å². The molecule has 1 aromatic carbocycles. The van der Waals surface area contributed by atoms with Crippen LogP contribution in [0.2, 0.25) is 0 Å². The summed E-state index contributed by atoms with van der Waals surface area (Å²) in [5.74, 6) is -0.306. The number of ether oxygens (including phenoxy) is 1. The fraction of sp³-hybridized carbons (Fsp3) is 0.556. The van der Waals surface area contributed by atoms with Crippen molar-refractivity contribution in [1.29, 1.82) is 0 Å². The first-order chi connectivity index (χ1) is 11.6. The molecular weight excluding hydrogens is 306 g/mol. The molecule has 0 aliphatic carbocycles. The van der Waals surface area contributed by atoms with Crippen molar-refractivity contribution in [2.75, 3.05) is 13.2 Å². The number of rotatable bonds is 5. The molecule has 2 heterocycles. The highest BCUT2D eigenvalue weighted by Crippen LogP contribution is 2.16. The Bertz CT molecular complexity index is 599. The Hall–Kier alpha value is -1.92. The Morgan fingerprint density at radius 1 is 1.33 bits per heavy atom. The molecule has 0 radical (unpaired) electrons. The Labute approximate surface area is 142 Å². The van der Waals surface area contributed by atoms with Crippen LogP contribution in [0.1, 0.15) is 30.9 Å². The number of amides is 2. The number of fused-ring (bicyclic) bond motifs is 1. The molecular formula is C18H25N3O3. The summed E-state index contributed by atoms with van der Waals surface area (Å²) in [4.78, 5) is 24.5. The molecule has 0 bridgehead atoms. The smallest absolute Gasteiger partial charge is 0.242 e. The van der Waals surface area contributed by atoms with Crippen molar-refractivity contribution in [3.63, 3.8) is 0 Å². The fourth-order valence-corrected chi connectivity index (χ4v) is 3.19. The Kier molecular flexibility index (Phi) is 5.48. The molecule has 3 atom stereocenters. The monoisotopic (exact) mass is 331 g/mol. The second-order valence-electron chi connectivity index (χ2n) is 6.52. The number of benzene rings is 1. The van der Waals surface area contributed by atoms with Gasteiger partial charge >= 0.3 is 0 Å². The van der Waals surface area contributed by atoms with Crippen LogP contribution >= 0.6 is 0 Å². The molecule has 6 nitrogen and oxygen atoms in total. The van der Waals surface area contributed by atoms with Crippen LogP contribution in [0.25, 0.3) is 0 Å². The molecule has 3 N–H and O–H groups in total. The van der Waals surface area contributed by atoms with Gasteiger partial charge in [-0.3, -0.25) is 9.59 Å². The summed E-state index contributed by atoms with van der Waals surface area (Å²) in [6.45, 7) is 3.66. The van der Waals surface area contributed by atoms with Crippen LogP contribution in [0.3, 0.4) is 0 Å². The lowest BCUT2D eigenvalue weighted by Crippen LogP contribution is -2.53. The van der Waals surface area contributed by atoms with Gasteiger partial charge in [0.1, 0.15) is 6.04 Å². The van der Waals surface area contributed by atoms with Crippen molar-refractivity contribution in [2.45, 2.75) is 50.9 Å². The van der Waals surface area contributed by atoms with E-state index in [0.29, 0.717) is 19.5 Å². The van der Waals surface area contributed by atoms with Gasteiger partial charge in [-0.1, -0.05) is 24.3 Å². The summed E-state index contributed by atoms with van der Waals surface area (Å²) >= 11 is 0. The zero-order chi connectivity index (χ0) is 16.9. The van der Waals surface area contributed by atoms with Crippen LogP contribution in [0, 0.1) is 0 Å². The zero-order valence-electron chi connectivity index (χ0n) is 14.0. The minimum Gasteiger partial charge on any atom is -0.376 e. The highest BCUT2D eigenvalue weighted by Gasteiger charge is 2.26. The van der Waals surface area contributed by atoms with Gasteiger partial charge in [-0.2, -0.15) is 0 Å². The van der Waals surface area contributed by atoms with E-state index < -0.39 is 6.04 Å². The van der Waals surface area contributed by atoms with Crippen LogP contribution in [-0.4, -0.2) is 43.2 Å². The maximum absolute atomic E-state index is 12.4. The zero-order valence-corrected chi connectivity index (χ0v) is 14.0. The van der Waals surface area contributed by atoms with E-state index in [0.717, 1.165) is 19.4 Å². The highest BCUT2D eigenvalue weighted by atomic mass is 16.5. The van der Waals surface area contributed by atoms with Gasteiger partial charge in [0.25, 0.3) is 0 Å². The van der Waals surface area contributed by atoms with Gasteiger partial charge in [-0.25, -0.2) is 0 Å². The van der Waals surface area contributed by atoms with E-state index in [9.17, 15) is 9.59 Å². The molecule has 2 aliphatic rings. The lowest BCUT2D eigenvalue weighted by atomic mass is 9.95. The molecule has 1 fully saturated rings. The molecule has 2 aliphatic heterocycles. The van der Waals surface area contributed by atoms with Crippen molar-refractivity contribution in [3.8, 4) is 0 Å². The summed E-state index contributed by atoms with van der Waals surface area (Å²) in [6, 6.07) is 7.25. The summed E-state index contributed by atoms with van der Waals surface area (Å²) in [7, 11) is 0. The number of carbonyl (C=O) groups is 2. The molecule has 0 aromatic heterocycles.